The van der Waals surface area contributed by atoms with Gasteiger partial charge in [-0.05, 0) is 42.0 Å². The number of benzene rings is 1. The van der Waals surface area contributed by atoms with Gasteiger partial charge in [0, 0.05) is 37.7 Å². The molecular formula is C17H26ClNO2. The Morgan fingerprint density at radius 1 is 1.48 bits per heavy atom. The fourth-order valence-corrected chi connectivity index (χ4v) is 3.31. The highest BCUT2D eigenvalue weighted by Gasteiger charge is 2.39. The van der Waals surface area contributed by atoms with Crippen molar-refractivity contribution in [2.75, 3.05) is 20.3 Å². The van der Waals surface area contributed by atoms with Crippen molar-refractivity contribution in [1.82, 2.24) is 5.32 Å². The molecule has 0 saturated heterocycles. The topological polar surface area (TPSA) is 41.5 Å². The van der Waals surface area contributed by atoms with E-state index < -0.39 is 5.60 Å². The third-order valence-corrected chi connectivity index (χ3v) is 4.61. The molecule has 0 heterocycles. The van der Waals surface area contributed by atoms with Crippen LogP contribution in [0.25, 0.3) is 0 Å². The molecule has 1 aromatic carbocycles. The van der Waals surface area contributed by atoms with Crippen LogP contribution in [0, 0.1) is 5.41 Å². The lowest BCUT2D eigenvalue weighted by molar-refractivity contribution is 0.0194. The van der Waals surface area contributed by atoms with E-state index in [9.17, 15) is 5.11 Å². The average molecular weight is 312 g/mol. The van der Waals surface area contributed by atoms with Crippen LogP contribution in [0.3, 0.4) is 0 Å². The van der Waals surface area contributed by atoms with Gasteiger partial charge in [-0.3, -0.25) is 0 Å². The Morgan fingerprint density at radius 2 is 2.19 bits per heavy atom. The van der Waals surface area contributed by atoms with Gasteiger partial charge in [-0.15, -0.1) is 0 Å². The summed E-state index contributed by atoms with van der Waals surface area (Å²) in [5.74, 6) is 0. The van der Waals surface area contributed by atoms with Crippen molar-refractivity contribution in [2.45, 2.75) is 45.3 Å². The van der Waals surface area contributed by atoms with Gasteiger partial charge in [-0.1, -0.05) is 31.5 Å². The number of methoxy groups -OCH3 is 1. The van der Waals surface area contributed by atoms with E-state index in [4.69, 9.17) is 16.3 Å². The number of hydrogen-bond acceptors (Lipinski definition) is 3. The summed E-state index contributed by atoms with van der Waals surface area (Å²) in [6.45, 7) is 7.45. The van der Waals surface area contributed by atoms with Gasteiger partial charge in [0.1, 0.15) is 0 Å². The molecule has 0 fully saturated rings. The third-order valence-electron chi connectivity index (χ3n) is 4.38. The van der Waals surface area contributed by atoms with E-state index in [2.05, 4.69) is 25.2 Å². The Bertz CT molecular complexity index is 500. The molecule has 0 spiro atoms. The highest BCUT2D eigenvalue weighted by atomic mass is 35.5. The van der Waals surface area contributed by atoms with Gasteiger partial charge in [-0.2, -0.15) is 0 Å². The Balaban J connectivity index is 2.10. The maximum Gasteiger partial charge on any atom is 0.0765 e. The van der Waals surface area contributed by atoms with Crippen LogP contribution >= 0.6 is 11.6 Å². The Hall–Kier alpha value is -0.610. The largest absolute Gasteiger partial charge is 0.389 e. The molecule has 21 heavy (non-hydrogen) atoms. The van der Waals surface area contributed by atoms with E-state index in [0.717, 1.165) is 11.4 Å². The van der Waals surface area contributed by atoms with E-state index in [-0.39, 0.29) is 11.5 Å². The lowest BCUT2D eigenvalue weighted by Gasteiger charge is -2.32. The first-order chi connectivity index (χ1) is 9.75. The van der Waals surface area contributed by atoms with Crippen molar-refractivity contribution >= 4 is 11.6 Å². The summed E-state index contributed by atoms with van der Waals surface area (Å²) in [6, 6.07) is 6.32. The monoisotopic (exact) mass is 311 g/mol. The molecule has 3 nitrogen and oxygen atoms in total. The number of fused-ring (bicyclic) bond motifs is 1. The maximum atomic E-state index is 10.4. The van der Waals surface area contributed by atoms with Crippen molar-refractivity contribution in [3.05, 3.63) is 34.3 Å². The number of nitrogens with one attached hydrogen (secondary N) is 1. The molecule has 0 bridgehead atoms. The first kappa shape index (κ1) is 16.8. The highest BCUT2D eigenvalue weighted by Crippen LogP contribution is 2.45. The molecule has 0 amide bonds. The number of ether oxygens (including phenoxy) is 1. The molecule has 0 radical (unpaired) electrons. The second-order valence-corrected chi connectivity index (χ2v) is 7.50. The smallest absolute Gasteiger partial charge is 0.0765 e. The van der Waals surface area contributed by atoms with E-state index in [1.165, 1.54) is 11.1 Å². The molecule has 4 heteroatoms. The predicted molar refractivity (Wildman–Crippen MR) is 86.8 cm³/mol. The quantitative estimate of drug-likeness (QED) is 0.846. The van der Waals surface area contributed by atoms with Crippen LogP contribution in [0.1, 0.15) is 44.4 Å². The van der Waals surface area contributed by atoms with E-state index in [1.807, 2.05) is 19.1 Å². The minimum Gasteiger partial charge on any atom is -0.389 e. The Labute approximate surface area is 132 Å². The second-order valence-electron chi connectivity index (χ2n) is 7.06. The van der Waals surface area contributed by atoms with Gasteiger partial charge >= 0.3 is 0 Å². The van der Waals surface area contributed by atoms with Gasteiger partial charge in [0.2, 0.25) is 0 Å². The fraction of sp³-hybridized carbons (Fsp3) is 0.647. The molecule has 118 valence electrons. The molecule has 2 N–H and O–H groups in total. The summed E-state index contributed by atoms with van der Waals surface area (Å²) >= 11 is 6.15. The summed E-state index contributed by atoms with van der Waals surface area (Å²) in [4.78, 5) is 0. The second kappa shape index (κ2) is 6.25. The van der Waals surface area contributed by atoms with Gasteiger partial charge in [-0.25, -0.2) is 0 Å². The molecule has 1 aromatic rings. The molecular weight excluding hydrogens is 286 g/mol. The first-order valence-electron chi connectivity index (χ1n) is 7.48. The molecule has 2 atom stereocenters. The standard InChI is InChI=1S/C17H26ClNO2/c1-16(2)10-12-5-6-13(18)9-14(12)15(16)19-11-17(3,20)7-8-21-4/h5-6,9,15,19-20H,7-8,10-11H2,1-4H3. The van der Waals surface area contributed by atoms with Crippen molar-refractivity contribution in [3.63, 3.8) is 0 Å². The lowest BCUT2D eigenvalue weighted by atomic mass is 9.85. The Morgan fingerprint density at radius 3 is 2.86 bits per heavy atom. The van der Waals surface area contributed by atoms with Crippen molar-refractivity contribution in [1.29, 1.82) is 0 Å². The van der Waals surface area contributed by atoms with Crippen molar-refractivity contribution in [2.24, 2.45) is 5.41 Å². The van der Waals surface area contributed by atoms with Crippen molar-refractivity contribution in [3.8, 4) is 0 Å². The summed E-state index contributed by atoms with van der Waals surface area (Å²) in [6.07, 6.45) is 1.64. The van der Waals surface area contributed by atoms with Gasteiger partial charge < -0.3 is 15.2 Å². The van der Waals surface area contributed by atoms with Crippen molar-refractivity contribution < 1.29 is 9.84 Å². The number of aliphatic hydroxyl groups is 1. The fourth-order valence-electron chi connectivity index (χ4n) is 3.13. The highest BCUT2D eigenvalue weighted by molar-refractivity contribution is 6.30. The zero-order valence-electron chi connectivity index (χ0n) is 13.4. The van der Waals surface area contributed by atoms with E-state index in [0.29, 0.717) is 19.6 Å². The molecule has 1 aliphatic carbocycles. The van der Waals surface area contributed by atoms with Gasteiger partial charge in [0.15, 0.2) is 0 Å². The number of halogens is 1. The minimum absolute atomic E-state index is 0.115. The van der Waals surface area contributed by atoms with Crippen LogP contribution in [-0.2, 0) is 11.2 Å². The Kier molecular flexibility index (Phi) is 4.99. The van der Waals surface area contributed by atoms with Gasteiger partial charge in [0.25, 0.3) is 0 Å². The van der Waals surface area contributed by atoms with Crippen LogP contribution in [0.4, 0.5) is 0 Å². The third kappa shape index (κ3) is 3.98. The molecule has 2 unspecified atom stereocenters. The van der Waals surface area contributed by atoms with E-state index in [1.54, 1.807) is 7.11 Å². The molecule has 2 rings (SSSR count). The molecule has 1 aliphatic rings. The summed E-state index contributed by atoms with van der Waals surface area (Å²) in [5.41, 5.74) is 1.95. The maximum absolute atomic E-state index is 10.4. The van der Waals surface area contributed by atoms with Crippen LogP contribution in [0.15, 0.2) is 18.2 Å². The summed E-state index contributed by atoms with van der Waals surface area (Å²) in [5, 5.41) is 14.7. The van der Waals surface area contributed by atoms with Crippen LogP contribution in [0.5, 0.6) is 0 Å². The lowest BCUT2D eigenvalue weighted by Crippen LogP contribution is -2.43. The number of hydrogen-bond donors (Lipinski definition) is 2. The minimum atomic E-state index is -0.770. The predicted octanol–water partition coefficient (Wildman–Crippen LogP) is 3.34. The zero-order valence-corrected chi connectivity index (χ0v) is 14.1. The summed E-state index contributed by atoms with van der Waals surface area (Å²) < 4.78 is 5.06. The number of rotatable bonds is 6. The zero-order chi connectivity index (χ0) is 15.7. The van der Waals surface area contributed by atoms with Crippen LogP contribution in [0.2, 0.25) is 5.02 Å². The SMILES string of the molecule is COCCC(C)(O)CNC1c2cc(Cl)ccc2CC1(C)C. The molecule has 0 aliphatic heterocycles. The van der Waals surface area contributed by atoms with Gasteiger partial charge in [0.05, 0.1) is 5.60 Å². The average Bonchev–Trinajstić information content (AvgIpc) is 2.64. The normalized spacial score (nSPS) is 22.9. The van der Waals surface area contributed by atoms with Crippen LogP contribution in [-0.4, -0.2) is 31.0 Å². The first-order valence-corrected chi connectivity index (χ1v) is 7.86. The summed E-state index contributed by atoms with van der Waals surface area (Å²) in [7, 11) is 1.65. The van der Waals surface area contributed by atoms with E-state index >= 15 is 0 Å². The van der Waals surface area contributed by atoms with Crippen LogP contribution < -0.4 is 5.32 Å². The molecule has 0 saturated carbocycles. The molecule has 0 aromatic heterocycles.